The molecule has 1 unspecified atom stereocenters. The molecule has 2 rings (SSSR count). The normalized spacial score (nSPS) is 19.1. The summed E-state index contributed by atoms with van der Waals surface area (Å²) >= 11 is 0. The minimum Gasteiger partial charge on any atom is -0.481 e. The second-order valence-corrected chi connectivity index (χ2v) is 4.44. The van der Waals surface area contributed by atoms with Crippen molar-refractivity contribution in [2.75, 3.05) is 45.8 Å². The fraction of sp³-hybridized carbons (Fsp3) is 0.583. The summed E-state index contributed by atoms with van der Waals surface area (Å²) in [6, 6.07) is 1.69. The van der Waals surface area contributed by atoms with E-state index in [2.05, 4.69) is 9.97 Å². The second-order valence-electron chi connectivity index (χ2n) is 4.44. The second kappa shape index (κ2) is 5.83. The molecule has 19 heavy (non-hydrogen) atoms. The Hall–Kier alpha value is -1.89. The summed E-state index contributed by atoms with van der Waals surface area (Å²) in [6.07, 6.45) is 1.16. The maximum Gasteiger partial charge on any atom is 0.253 e. The number of anilines is 1. The number of likely N-dealkylation sites (N-methyl/N-ethyl adjacent to an activating group) is 1. The molecule has 7 nitrogen and oxygen atoms in total. The number of hydrogen-bond donors (Lipinski definition) is 0. The highest BCUT2D eigenvalue weighted by Gasteiger charge is 2.29. The number of morpholine rings is 1. The van der Waals surface area contributed by atoms with E-state index in [1.54, 1.807) is 33.5 Å². The first-order valence-corrected chi connectivity index (χ1v) is 6.06. The van der Waals surface area contributed by atoms with E-state index in [0.717, 1.165) is 0 Å². The first kappa shape index (κ1) is 13.5. The minimum absolute atomic E-state index is 0.0485. The van der Waals surface area contributed by atoms with Gasteiger partial charge in [-0.1, -0.05) is 0 Å². The van der Waals surface area contributed by atoms with Crippen LogP contribution in [0.25, 0.3) is 0 Å². The van der Waals surface area contributed by atoms with Gasteiger partial charge in [0.05, 0.1) is 20.3 Å². The molecule has 1 amide bonds. The van der Waals surface area contributed by atoms with Crippen molar-refractivity contribution in [2.45, 2.75) is 6.10 Å². The topological polar surface area (TPSA) is 67.8 Å². The highest BCUT2D eigenvalue weighted by atomic mass is 16.5. The van der Waals surface area contributed by atoms with Gasteiger partial charge in [0.25, 0.3) is 5.91 Å². The van der Waals surface area contributed by atoms with E-state index in [4.69, 9.17) is 9.47 Å². The molecule has 1 aromatic rings. The van der Waals surface area contributed by atoms with Gasteiger partial charge in [-0.2, -0.15) is 4.98 Å². The smallest absolute Gasteiger partial charge is 0.253 e. The number of ether oxygens (including phenoxy) is 2. The van der Waals surface area contributed by atoms with Gasteiger partial charge in [0.2, 0.25) is 11.8 Å². The van der Waals surface area contributed by atoms with Gasteiger partial charge >= 0.3 is 0 Å². The molecule has 0 aliphatic carbocycles. The van der Waals surface area contributed by atoms with E-state index in [9.17, 15) is 4.79 Å². The van der Waals surface area contributed by atoms with Crippen molar-refractivity contribution in [2.24, 2.45) is 0 Å². The first-order valence-electron chi connectivity index (χ1n) is 6.06. The summed E-state index contributed by atoms with van der Waals surface area (Å²) in [5, 5.41) is 0. The van der Waals surface area contributed by atoms with Crippen LogP contribution in [0.1, 0.15) is 0 Å². The van der Waals surface area contributed by atoms with Gasteiger partial charge < -0.3 is 19.3 Å². The van der Waals surface area contributed by atoms with Crippen molar-refractivity contribution >= 4 is 11.9 Å². The summed E-state index contributed by atoms with van der Waals surface area (Å²) in [5.41, 5.74) is 0. The van der Waals surface area contributed by atoms with Crippen LogP contribution >= 0.6 is 0 Å². The zero-order chi connectivity index (χ0) is 13.8. The molecule has 2 heterocycles. The summed E-state index contributed by atoms with van der Waals surface area (Å²) in [6.45, 7) is 1.58. The van der Waals surface area contributed by atoms with Gasteiger partial charge in [0.1, 0.15) is 0 Å². The average Bonchev–Trinajstić information content (AvgIpc) is 2.46. The number of aromatic nitrogens is 2. The third-order valence-corrected chi connectivity index (χ3v) is 2.89. The standard InChI is InChI=1S/C12H18N4O3/c1-15(2)11(17)9-8-16(6-7-19-9)12-13-5-4-10(14-12)18-3/h4-5,9H,6-8H2,1-3H3. The lowest BCUT2D eigenvalue weighted by Crippen LogP contribution is -2.50. The summed E-state index contributed by atoms with van der Waals surface area (Å²) in [7, 11) is 4.99. The largest absolute Gasteiger partial charge is 0.481 e. The maximum absolute atomic E-state index is 11.9. The van der Waals surface area contributed by atoms with Crippen LogP contribution in [0, 0.1) is 0 Å². The van der Waals surface area contributed by atoms with Crippen LogP contribution in [0.5, 0.6) is 5.88 Å². The Bertz CT molecular complexity index is 452. The SMILES string of the molecule is COc1ccnc(N2CCOC(C(=O)N(C)C)C2)n1. The van der Waals surface area contributed by atoms with Gasteiger partial charge in [0.15, 0.2) is 6.10 Å². The molecule has 0 radical (unpaired) electrons. The number of carbonyl (C=O) groups excluding carboxylic acids is 1. The van der Waals surface area contributed by atoms with Crippen molar-refractivity contribution < 1.29 is 14.3 Å². The Morgan fingerprint density at radius 3 is 3.05 bits per heavy atom. The fourth-order valence-electron chi connectivity index (χ4n) is 1.87. The van der Waals surface area contributed by atoms with E-state index < -0.39 is 6.10 Å². The zero-order valence-electron chi connectivity index (χ0n) is 11.4. The van der Waals surface area contributed by atoms with Crippen molar-refractivity contribution in [1.82, 2.24) is 14.9 Å². The molecule has 1 aromatic heterocycles. The predicted molar refractivity (Wildman–Crippen MR) is 69.2 cm³/mol. The molecular formula is C12H18N4O3. The summed E-state index contributed by atoms with van der Waals surface area (Å²) < 4.78 is 10.6. The molecule has 0 N–H and O–H groups in total. The Labute approximate surface area is 112 Å². The third kappa shape index (κ3) is 3.11. The van der Waals surface area contributed by atoms with Crippen LogP contribution in [-0.4, -0.2) is 67.8 Å². The number of methoxy groups -OCH3 is 1. The van der Waals surface area contributed by atoms with Crippen molar-refractivity contribution in [3.63, 3.8) is 0 Å². The van der Waals surface area contributed by atoms with Crippen LogP contribution in [-0.2, 0) is 9.53 Å². The zero-order valence-corrected chi connectivity index (χ0v) is 11.4. The Kier molecular flexibility index (Phi) is 4.16. The molecule has 1 atom stereocenters. The molecule has 104 valence electrons. The first-order chi connectivity index (χ1) is 9.11. The van der Waals surface area contributed by atoms with Crippen molar-refractivity contribution in [3.8, 4) is 5.88 Å². The lowest BCUT2D eigenvalue weighted by molar-refractivity contribution is -0.141. The van der Waals surface area contributed by atoms with E-state index >= 15 is 0 Å². The molecule has 0 saturated carbocycles. The van der Waals surface area contributed by atoms with E-state index in [1.165, 1.54) is 4.90 Å². The van der Waals surface area contributed by atoms with Gasteiger partial charge in [-0.3, -0.25) is 4.79 Å². The van der Waals surface area contributed by atoms with E-state index in [-0.39, 0.29) is 5.91 Å². The highest BCUT2D eigenvalue weighted by Crippen LogP contribution is 2.16. The number of nitrogens with zero attached hydrogens (tertiary/aromatic N) is 4. The lowest BCUT2D eigenvalue weighted by Gasteiger charge is -2.33. The summed E-state index contributed by atoms with van der Waals surface area (Å²) in [5.74, 6) is 1.01. The van der Waals surface area contributed by atoms with Gasteiger partial charge in [0, 0.05) is 32.9 Å². The average molecular weight is 266 g/mol. The molecule has 1 saturated heterocycles. The Balaban J connectivity index is 2.10. The number of rotatable bonds is 3. The highest BCUT2D eigenvalue weighted by molar-refractivity contribution is 5.81. The van der Waals surface area contributed by atoms with Crippen LogP contribution < -0.4 is 9.64 Å². The van der Waals surface area contributed by atoms with Crippen molar-refractivity contribution in [1.29, 1.82) is 0 Å². The van der Waals surface area contributed by atoms with Crippen LogP contribution in [0.15, 0.2) is 12.3 Å². The molecule has 1 aliphatic rings. The van der Waals surface area contributed by atoms with Crippen LogP contribution in [0.3, 0.4) is 0 Å². The van der Waals surface area contributed by atoms with Gasteiger partial charge in [-0.05, 0) is 0 Å². The monoisotopic (exact) mass is 266 g/mol. The number of hydrogen-bond acceptors (Lipinski definition) is 6. The molecular weight excluding hydrogens is 248 g/mol. The van der Waals surface area contributed by atoms with E-state index in [1.807, 2.05) is 4.90 Å². The number of carbonyl (C=O) groups is 1. The van der Waals surface area contributed by atoms with E-state index in [0.29, 0.717) is 31.5 Å². The minimum atomic E-state index is -0.474. The molecule has 7 heteroatoms. The third-order valence-electron chi connectivity index (χ3n) is 2.89. The Morgan fingerprint density at radius 2 is 2.37 bits per heavy atom. The van der Waals surface area contributed by atoms with Crippen LogP contribution in [0.2, 0.25) is 0 Å². The molecule has 0 aromatic carbocycles. The molecule has 0 bridgehead atoms. The van der Waals surface area contributed by atoms with Gasteiger partial charge in [-0.25, -0.2) is 4.98 Å². The molecule has 1 fully saturated rings. The van der Waals surface area contributed by atoms with Crippen molar-refractivity contribution in [3.05, 3.63) is 12.3 Å². The maximum atomic E-state index is 11.9. The Morgan fingerprint density at radius 1 is 1.58 bits per heavy atom. The quantitative estimate of drug-likeness (QED) is 0.753. The lowest BCUT2D eigenvalue weighted by atomic mass is 10.2. The fourth-order valence-corrected chi connectivity index (χ4v) is 1.87. The van der Waals surface area contributed by atoms with Gasteiger partial charge in [-0.15, -0.1) is 0 Å². The molecule has 0 spiro atoms. The predicted octanol–water partition coefficient (Wildman–Crippen LogP) is -0.221. The molecule has 1 aliphatic heterocycles. The number of amides is 1. The van der Waals surface area contributed by atoms with Crippen LogP contribution in [0.4, 0.5) is 5.95 Å². The summed E-state index contributed by atoms with van der Waals surface area (Å²) in [4.78, 5) is 23.8.